The minimum Gasteiger partial charge on any atom is -0.326 e. The van der Waals surface area contributed by atoms with Crippen LogP contribution in [0.1, 0.15) is 6.42 Å². The number of hydrogen-bond donors (Lipinski definition) is 1. The number of non-ortho nitro benzene ring substituents is 1. The lowest BCUT2D eigenvalue weighted by molar-refractivity contribution is -0.384. The van der Waals surface area contributed by atoms with Crippen molar-refractivity contribution in [1.29, 1.82) is 0 Å². The fourth-order valence-electron chi connectivity index (χ4n) is 2.71. The fraction of sp³-hybridized carbons (Fsp3) is 0.176. The topological polar surface area (TPSA) is 99.2 Å². The number of aromatic nitrogens is 2. The molecule has 0 aliphatic rings. The van der Waals surface area contributed by atoms with E-state index in [9.17, 15) is 19.7 Å². The van der Waals surface area contributed by atoms with Crippen LogP contribution in [0.15, 0.2) is 53.3 Å². The van der Waals surface area contributed by atoms with E-state index < -0.39 is 4.92 Å². The maximum absolute atomic E-state index is 12.3. The quantitative estimate of drug-likeness (QED) is 0.569. The van der Waals surface area contributed by atoms with E-state index in [4.69, 9.17) is 0 Å². The first kappa shape index (κ1) is 16.4. The highest BCUT2D eigenvalue weighted by atomic mass is 16.6. The second-order valence-corrected chi connectivity index (χ2v) is 5.59. The van der Waals surface area contributed by atoms with Crippen molar-refractivity contribution in [2.45, 2.75) is 13.0 Å². The predicted octanol–water partition coefficient (Wildman–Crippen LogP) is 2.28. The van der Waals surface area contributed by atoms with Crippen molar-refractivity contribution in [3.05, 3.63) is 69.1 Å². The number of rotatable bonds is 5. The van der Waals surface area contributed by atoms with Crippen LogP contribution >= 0.6 is 0 Å². The summed E-state index contributed by atoms with van der Waals surface area (Å²) in [6, 6.07) is 13.1. The zero-order valence-corrected chi connectivity index (χ0v) is 13.5. The van der Waals surface area contributed by atoms with Crippen molar-refractivity contribution >= 4 is 28.3 Å². The number of imidazole rings is 1. The predicted molar refractivity (Wildman–Crippen MR) is 93.5 cm³/mol. The van der Waals surface area contributed by atoms with Crippen LogP contribution in [-0.4, -0.2) is 20.0 Å². The summed E-state index contributed by atoms with van der Waals surface area (Å²) in [6.07, 6.45) is 0.0800. The molecule has 1 heterocycles. The Balaban J connectivity index is 1.73. The molecule has 1 amide bonds. The van der Waals surface area contributed by atoms with Crippen molar-refractivity contribution in [1.82, 2.24) is 9.13 Å². The average molecular weight is 340 g/mol. The van der Waals surface area contributed by atoms with Crippen LogP contribution < -0.4 is 11.0 Å². The Morgan fingerprint density at radius 1 is 1.16 bits per heavy atom. The number of carbonyl (C=O) groups excluding carboxylic acids is 1. The second kappa shape index (κ2) is 6.60. The molecular formula is C17H16N4O4. The molecule has 3 aromatic rings. The monoisotopic (exact) mass is 340 g/mol. The molecule has 0 aliphatic heterocycles. The maximum Gasteiger partial charge on any atom is 0.328 e. The number of nitro benzene ring substituents is 1. The van der Waals surface area contributed by atoms with Gasteiger partial charge in [0.25, 0.3) is 5.69 Å². The van der Waals surface area contributed by atoms with E-state index in [-0.39, 0.29) is 30.2 Å². The molecule has 2 aromatic carbocycles. The van der Waals surface area contributed by atoms with Crippen molar-refractivity contribution < 1.29 is 9.72 Å². The summed E-state index contributed by atoms with van der Waals surface area (Å²) >= 11 is 0. The number of benzene rings is 2. The summed E-state index contributed by atoms with van der Waals surface area (Å²) in [7, 11) is 1.68. The molecule has 1 aromatic heterocycles. The zero-order valence-electron chi connectivity index (χ0n) is 13.5. The molecule has 0 bridgehead atoms. The Morgan fingerprint density at radius 3 is 2.60 bits per heavy atom. The van der Waals surface area contributed by atoms with Crippen molar-refractivity contribution in [3.8, 4) is 0 Å². The lowest BCUT2D eigenvalue weighted by atomic mass is 10.2. The Morgan fingerprint density at radius 2 is 1.88 bits per heavy atom. The third-order valence-electron chi connectivity index (χ3n) is 3.95. The van der Waals surface area contributed by atoms with Crippen LogP contribution in [-0.2, 0) is 18.4 Å². The molecule has 25 heavy (non-hydrogen) atoms. The molecule has 0 spiro atoms. The number of fused-ring (bicyclic) bond motifs is 1. The SMILES string of the molecule is Cn1c(=O)n(CCC(=O)Nc2cccc([N+](=O)[O-])c2)c2ccccc21. The van der Waals surface area contributed by atoms with Crippen molar-refractivity contribution in [2.24, 2.45) is 7.05 Å². The van der Waals surface area contributed by atoms with E-state index in [1.165, 1.54) is 22.8 Å². The van der Waals surface area contributed by atoms with Crippen LogP contribution in [0, 0.1) is 10.1 Å². The Hall–Kier alpha value is -3.42. The Labute approximate surface area is 142 Å². The molecule has 8 nitrogen and oxygen atoms in total. The summed E-state index contributed by atoms with van der Waals surface area (Å²) in [6.45, 7) is 0.223. The van der Waals surface area contributed by atoms with Gasteiger partial charge in [0.2, 0.25) is 5.91 Å². The first-order chi connectivity index (χ1) is 12.0. The minimum atomic E-state index is -0.522. The third-order valence-corrected chi connectivity index (χ3v) is 3.95. The number of amides is 1. The van der Waals surface area contributed by atoms with Crippen LogP contribution in [0.3, 0.4) is 0 Å². The van der Waals surface area contributed by atoms with Gasteiger partial charge >= 0.3 is 5.69 Å². The fourth-order valence-corrected chi connectivity index (χ4v) is 2.71. The van der Waals surface area contributed by atoms with Gasteiger partial charge in [-0.05, 0) is 18.2 Å². The van der Waals surface area contributed by atoms with Gasteiger partial charge in [-0.1, -0.05) is 18.2 Å². The molecule has 1 N–H and O–H groups in total. The molecule has 0 saturated heterocycles. The Bertz CT molecular complexity index is 1020. The summed E-state index contributed by atoms with van der Waals surface area (Å²) in [4.78, 5) is 34.7. The van der Waals surface area contributed by atoms with E-state index in [1.807, 2.05) is 24.3 Å². The largest absolute Gasteiger partial charge is 0.328 e. The highest BCUT2D eigenvalue weighted by Crippen LogP contribution is 2.17. The van der Waals surface area contributed by atoms with Crippen LogP contribution in [0.4, 0.5) is 11.4 Å². The first-order valence-corrected chi connectivity index (χ1v) is 7.66. The summed E-state index contributed by atoms with van der Waals surface area (Å²) in [5.41, 5.74) is 1.63. The summed E-state index contributed by atoms with van der Waals surface area (Å²) < 4.78 is 3.08. The number of nitrogens with zero attached hydrogens (tertiary/aromatic N) is 3. The number of aryl methyl sites for hydroxylation is 2. The molecule has 0 unspecified atom stereocenters. The van der Waals surface area contributed by atoms with E-state index in [1.54, 1.807) is 17.7 Å². The highest BCUT2D eigenvalue weighted by Gasteiger charge is 2.12. The molecule has 0 aliphatic carbocycles. The van der Waals surface area contributed by atoms with Gasteiger partial charge < -0.3 is 5.32 Å². The number of nitro groups is 1. The van der Waals surface area contributed by atoms with E-state index >= 15 is 0 Å². The number of nitrogens with one attached hydrogen (secondary N) is 1. The van der Waals surface area contributed by atoms with Gasteiger partial charge in [0.15, 0.2) is 0 Å². The molecule has 8 heteroatoms. The lowest BCUT2D eigenvalue weighted by Crippen LogP contribution is -2.24. The van der Waals surface area contributed by atoms with E-state index in [2.05, 4.69) is 5.32 Å². The van der Waals surface area contributed by atoms with Gasteiger partial charge in [-0.3, -0.25) is 24.0 Å². The van der Waals surface area contributed by atoms with Crippen molar-refractivity contribution in [2.75, 3.05) is 5.32 Å². The number of hydrogen-bond acceptors (Lipinski definition) is 4. The van der Waals surface area contributed by atoms with E-state index in [0.29, 0.717) is 5.69 Å². The molecule has 0 atom stereocenters. The van der Waals surface area contributed by atoms with E-state index in [0.717, 1.165) is 11.0 Å². The van der Waals surface area contributed by atoms with Gasteiger partial charge in [-0.15, -0.1) is 0 Å². The molecule has 0 fully saturated rings. The first-order valence-electron chi connectivity index (χ1n) is 7.66. The lowest BCUT2D eigenvalue weighted by Gasteiger charge is -2.06. The molecular weight excluding hydrogens is 324 g/mol. The molecule has 128 valence electrons. The molecule has 0 radical (unpaired) electrons. The number of para-hydroxylation sites is 2. The highest BCUT2D eigenvalue weighted by molar-refractivity contribution is 5.91. The van der Waals surface area contributed by atoms with Crippen LogP contribution in [0.25, 0.3) is 11.0 Å². The summed E-state index contributed by atoms with van der Waals surface area (Å²) in [5, 5.41) is 13.4. The standard InChI is InChI=1S/C17H16N4O4/c1-19-14-7-2-3-8-15(14)20(17(19)23)10-9-16(22)18-12-5-4-6-13(11-12)21(24)25/h2-8,11H,9-10H2,1H3,(H,18,22). The average Bonchev–Trinajstić information content (AvgIpc) is 2.85. The van der Waals surface area contributed by atoms with Gasteiger partial charge in [0.1, 0.15) is 0 Å². The van der Waals surface area contributed by atoms with Crippen molar-refractivity contribution in [3.63, 3.8) is 0 Å². The molecule has 3 rings (SSSR count). The maximum atomic E-state index is 12.3. The minimum absolute atomic E-state index is 0.0800. The van der Waals surface area contributed by atoms with Crippen LogP contribution in [0.2, 0.25) is 0 Å². The summed E-state index contributed by atoms with van der Waals surface area (Å²) in [5.74, 6) is -0.319. The number of anilines is 1. The Kier molecular flexibility index (Phi) is 4.34. The second-order valence-electron chi connectivity index (χ2n) is 5.59. The van der Waals surface area contributed by atoms with Gasteiger partial charge in [0, 0.05) is 37.8 Å². The van der Waals surface area contributed by atoms with Gasteiger partial charge in [-0.2, -0.15) is 0 Å². The normalized spacial score (nSPS) is 10.8. The number of carbonyl (C=O) groups is 1. The third kappa shape index (κ3) is 3.27. The zero-order chi connectivity index (χ0) is 18.0. The smallest absolute Gasteiger partial charge is 0.326 e. The van der Waals surface area contributed by atoms with Gasteiger partial charge in [-0.25, -0.2) is 4.79 Å². The van der Waals surface area contributed by atoms with Gasteiger partial charge in [0.05, 0.1) is 16.0 Å². The van der Waals surface area contributed by atoms with Crippen LogP contribution in [0.5, 0.6) is 0 Å². The molecule has 0 saturated carbocycles.